The predicted octanol–water partition coefficient (Wildman–Crippen LogP) is 5.30. The second kappa shape index (κ2) is 8.09. The Morgan fingerprint density at radius 1 is 1.20 bits per heavy atom. The van der Waals surface area contributed by atoms with Gasteiger partial charge in [0.05, 0.1) is 10.8 Å². The van der Waals surface area contributed by atoms with Crippen molar-refractivity contribution in [1.29, 1.82) is 5.26 Å². The molecule has 0 radical (unpaired) electrons. The van der Waals surface area contributed by atoms with Crippen LogP contribution in [0.5, 0.6) is 0 Å². The molecule has 2 aromatic rings. The van der Waals surface area contributed by atoms with Crippen molar-refractivity contribution >= 4 is 46.6 Å². The smallest absolute Gasteiger partial charge is 0.237 e. The van der Waals surface area contributed by atoms with Crippen LogP contribution in [-0.2, 0) is 4.79 Å². The van der Waals surface area contributed by atoms with Crippen LogP contribution in [0.25, 0.3) is 0 Å². The number of nitrogens with one attached hydrogen (secondary N) is 1. The van der Waals surface area contributed by atoms with Crippen molar-refractivity contribution in [3.63, 3.8) is 0 Å². The Morgan fingerprint density at radius 3 is 2.36 bits per heavy atom. The summed E-state index contributed by atoms with van der Waals surface area (Å²) in [7, 11) is 0. The molecule has 130 valence electrons. The maximum Gasteiger partial charge on any atom is 0.237 e. The third-order valence-electron chi connectivity index (χ3n) is 3.86. The SMILES string of the molecule is Cc1nc(S[C@H](C)C(=O)Nc2cc(Cl)cc(Cl)c2)c(C#N)c(C)c1C. The van der Waals surface area contributed by atoms with Crippen molar-refractivity contribution in [2.24, 2.45) is 0 Å². The van der Waals surface area contributed by atoms with Gasteiger partial charge < -0.3 is 5.32 Å². The largest absolute Gasteiger partial charge is 0.325 e. The van der Waals surface area contributed by atoms with E-state index in [0.29, 0.717) is 26.3 Å². The Labute approximate surface area is 161 Å². The number of anilines is 1. The monoisotopic (exact) mass is 393 g/mol. The van der Waals surface area contributed by atoms with E-state index in [1.807, 2.05) is 20.8 Å². The van der Waals surface area contributed by atoms with Crippen molar-refractivity contribution < 1.29 is 4.79 Å². The molecule has 0 fully saturated rings. The number of hydrogen-bond donors (Lipinski definition) is 1. The molecule has 0 aliphatic heterocycles. The van der Waals surface area contributed by atoms with Crippen LogP contribution in [0, 0.1) is 32.1 Å². The van der Waals surface area contributed by atoms with Gasteiger partial charge in [-0.05, 0) is 57.0 Å². The number of hydrogen-bond acceptors (Lipinski definition) is 4. The zero-order valence-corrected chi connectivity index (χ0v) is 16.6. The van der Waals surface area contributed by atoms with E-state index in [4.69, 9.17) is 23.2 Å². The summed E-state index contributed by atoms with van der Waals surface area (Å²) in [4.78, 5) is 16.9. The average molecular weight is 394 g/mol. The van der Waals surface area contributed by atoms with Crippen LogP contribution in [0.3, 0.4) is 0 Å². The molecule has 0 spiro atoms. The highest BCUT2D eigenvalue weighted by Gasteiger charge is 2.20. The molecule has 4 nitrogen and oxygen atoms in total. The molecule has 1 N–H and O–H groups in total. The molecule has 2 rings (SSSR count). The summed E-state index contributed by atoms with van der Waals surface area (Å²) in [6.45, 7) is 7.49. The van der Waals surface area contributed by atoms with Crippen LogP contribution < -0.4 is 5.32 Å². The third kappa shape index (κ3) is 4.66. The molecule has 1 aromatic carbocycles. The first-order valence-electron chi connectivity index (χ1n) is 7.54. The van der Waals surface area contributed by atoms with E-state index < -0.39 is 5.25 Å². The van der Waals surface area contributed by atoms with Crippen LogP contribution in [0.15, 0.2) is 23.2 Å². The highest BCUT2D eigenvalue weighted by Crippen LogP contribution is 2.30. The van der Waals surface area contributed by atoms with E-state index in [1.165, 1.54) is 11.8 Å². The summed E-state index contributed by atoms with van der Waals surface area (Å²) in [6.07, 6.45) is 0. The molecule has 25 heavy (non-hydrogen) atoms. The number of nitriles is 1. The van der Waals surface area contributed by atoms with Gasteiger partial charge in [-0.3, -0.25) is 4.79 Å². The lowest BCUT2D eigenvalue weighted by molar-refractivity contribution is -0.115. The van der Waals surface area contributed by atoms with Gasteiger partial charge in [-0.2, -0.15) is 5.26 Å². The predicted molar refractivity (Wildman–Crippen MR) is 104 cm³/mol. The Balaban J connectivity index is 2.21. The standard InChI is InChI=1S/C18H17Cl2N3OS/c1-9-10(2)16(8-21)18(22-11(9)3)25-12(4)17(24)23-15-6-13(19)5-14(20)7-15/h5-7,12H,1-4H3,(H,23,24)/t12-/m1/s1. The molecule has 0 saturated heterocycles. The first-order valence-corrected chi connectivity index (χ1v) is 9.18. The lowest BCUT2D eigenvalue weighted by Gasteiger charge is -2.15. The number of amides is 1. The Morgan fingerprint density at radius 2 is 1.80 bits per heavy atom. The topological polar surface area (TPSA) is 65.8 Å². The zero-order chi connectivity index (χ0) is 18.7. The summed E-state index contributed by atoms with van der Waals surface area (Å²) in [6, 6.07) is 7.04. The van der Waals surface area contributed by atoms with Crippen LogP contribution in [-0.4, -0.2) is 16.1 Å². The fourth-order valence-corrected chi connectivity index (χ4v) is 3.75. The van der Waals surface area contributed by atoms with E-state index in [2.05, 4.69) is 16.4 Å². The number of benzene rings is 1. The molecular weight excluding hydrogens is 377 g/mol. The summed E-state index contributed by atoms with van der Waals surface area (Å²) in [5.74, 6) is -0.218. The highest BCUT2D eigenvalue weighted by molar-refractivity contribution is 8.00. The van der Waals surface area contributed by atoms with Gasteiger partial charge in [-0.15, -0.1) is 0 Å². The van der Waals surface area contributed by atoms with E-state index >= 15 is 0 Å². The number of carbonyl (C=O) groups is 1. The Bertz CT molecular complexity index is 857. The van der Waals surface area contributed by atoms with Gasteiger partial charge in [0, 0.05) is 21.4 Å². The number of pyridine rings is 1. The van der Waals surface area contributed by atoms with Crippen molar-refractivity contribution in [3.05, 3.63) is 50.6 Å². The summed E-state index contributed by atoms with van der Waals surface area (Å²) < 4.78 is 0. The molecule has 1 heterocycles. The lowest BCUT2D eigenvalue weighted by Crippen LogP contribution is -2.22. The highest BCUT2D eigenvalue weighted by atomic mass is 35.5. The number of carbonyl (C=O) groups excluding carboxylic acids is 1. The van der Waals surface area contributed by atoms with Crippen molar-refractivity contribution in [1.82, 2.24) is 4.98 Å². The number of nitrogens with zero attached hydrogens (tertiary/aromatic N) is 2. The second-order valence-corrected chi connectivity index (χ2v) is 7.85. The minimum atomic E-state index is -0.445. The number of thioether (sulfide) groups is 1. The van der Waals surface area contributed by atoms with Gasteiger partial charge >= 0.3 is 0 Å². The van der Waals surface area contributed by atoms with Gasteiger partial charge in [0.2, 0.25) is 5.91 Å². The molecule has 1 aromatic heterocycles. The van der Waals surface area contributed by atoms with Gasteiger partial charge in [-0.25, -0.2) is 4.98 Å². The molecule has 1 atom stereocenters. The quantitative estimate of drug-likeness (QED) is 0.715. The van der Waals surface area contributed by atoms with Gasteiger partial charge in [0.1, 0.15) is 11.1 Å². The third-order valence-corrected chi connectivity index (χ3v) is 5.39. The van der Waals surface area contributed by atoms with Crippen LogP contribution >= 0.6 is 35.0 Å². The Kier molecular flexibility index (Phi) is 6.34. The number of halogens is 2. The molecule has 1 amide bonds. The van der Waals surface area contributed by atoms with Crippen LogP contribution in [0.1, 0.15) is 29.3 Å². The summed E-state index contributed by atoms with van der Waals surface area (Å²) in [5.41, 5.74) is 3.78. The second-order valence-electron chi connectivity index (χ2n) is 5.65. The van der Waals surface area contributed by atoms with E-state index in [0.717, 1.165) is 16.8 Å². The molecule has 0 aliphatic carbocycles. The molecular formula is C18H17Cl2N3OS. The first kappa shape index (κ1) is 19.6. The first-order chi connectivity index (χ1) is 11.7. The van der Waals surface area contributed by atoms with Gasteiger partial charge in [0.15, 0.2) is 0 Å². The molecule has 7 heteroatoms. The minimum absolute atomic E-state index is 0.218. The summed E-state index contributed by atoms with van der Waals surface area (Å²) >= 11 is 13.1. The number of aryl methyl sites for hydroxylation is 1. The van der Waals surface area contributed by atoms with E-state index in [-0.39, 0.29) is 5.91 Å². The van der Waals surface area contributed by atoms with Crippen LogP contribution in [0.4, 0.5) is 5.69 Å². The van der Waals surface area contributed by atoms with E-state index in [1.54, 1.807) is 25.1 Å². The maximum absolute atomic E-state index is 12.4. The molecule has 0 aliphatic rings. The van der Waals surface area contributed by atoms with Crippen LogP contribution in [0.2, 0.25) is 10.0 Å². The van der Waals surface area contributed by atoms with Crippen molar-refractivity contribution in [3.8, 4) is 6.07 Å². The maximum atomic E-state index is 12.4. The molecule has 0 unspecified atom stereocenters. The van der Waals surface area contributed by atoms with Gasteiger partial charge in [0.25, 0.3) is 0 Å². The normalized spacial score (nSPS) is 11.7. The van der Waals surface area contributed by atoms with Crippen molar-refractivity contribution in [2.75, 3.05) is 5.32 Å². The zero-order valence-electron chi connectivity index (χ0n) is 14.3. The molecule has 0 saturated carbocycles. The van der Waals surface area contributed by atoms with Gasteiger partial charge in [-0.1, -0.05) is 35.0 Å². The molecule has 0 bridgehead atoms. The number of rotatable bonds is 4. The fraction of sp³-hybridized carbons (Fsp3) is 0.278. The minimum Gasteiger partial charge on any atom is -0.325 e. The fourth-order valence-electron chi connectivity index (χ4n) is 2.22. The number of aromatic nitrogens is 1. The lowest BCUT2D eigenvalue weighted by atomic mass is 10.1. The van der Waals surface area contributed by atoms with E-state index in [9.17, 15) is 10.1 Å². The Hall–Kier alpha value is -1.74. The average Bonchev–Trinajstić information content (AvgIpc) is 2.52. The summed E-state index contributed by atoms with van der Waals surface area (Å²) in [5, 5.41) is 13.2. The van der Waals surface area contributed by atoms with Crippen molar-refractivity contribution in [2.45, 2.75) is 38.0 Å².